The van der Waals surface area contributed by atoms with E-state index in [9.17, 15) is 4.79 Å². The van der Waals surface area contributed by atoms with Crippen molar-refractivity contribution in [2.75, 3.05) is 12.4 Å². The number of carbonyl (C=O) groups excluding carboxylic acids is 1. The first-order valence-corrected chi connectivity index (χ1v) is 8.14. The monoisotopic (exact) mass is 309 g/mol. The van der Waals surface area contributed by atoms with Crippen molar-refractivity contribution >= 4 is 17.7 Å². The number of aromatic nitrogens is 2. The van der Waals surface area contributed by atoms with E-state index >= 15 is 0 Å². The number of aliphatic hydroxyl groups is 1. The number of nitrogens with one attached hydrogen (secondary N) is 1. The number of hydrogen-bond acceptors (Lipinski definition) is 4. The van der Waals surface area contributed by atoms with Crippen LogP contribution in [0.25, 0.3) is 0 Å². The highest BCUT2D eigenvalue weighted by Gasteiger charge is 2.21. The molecule has 1 heterocycles. The van der Waals surface area contributed by atoms with Crippen LogP contribution in [0.15, 0.2) is 29.7 Å². The molecule has 1 aliphatic carbocycles. The smallest absolute Gasteiger partial charge is 0.230 e. The minimum atomic E-state index is -0.0438. The molecule has 6 heteroatoms. The SMILES string of the molecule is CC(C)(C)n1ccnc1SCC(=O)N[C@@H]1C=C[C@H](CO)C1. The van der Waals surface area contributed by atoms with Crippen LogP contribution in [-0.4, -0.2) is 39.0 Å². The fraction of sp³-hybridized carbons (Fsp3) is 0.600. The number of thioether (sulfide) groups is 1. The van der Waals surface area contributed by atoms with Crippen molar-refractivity contribution in [1.82, 2.24) is 14.9 Å². The highest BCUT2D eigenvalue weighted by atomic mass is 32.2. The van der Waals surface area contributed by atoms with Gasteiger partial charge in [0.05, 0.1) is 5.75 Å². The second kappa shape index (κ2) is 6.66. The maximum atomic E-state index is 12.0. The Morgan fingerprint density at radius 2 is 2.29 bits per heavy atom. The third kappa shape index (κ3) is 4.35. The predicted molar refractivity (Wildman–Crippen MR) is 84.2 cm³/mol. The number of amides is 1. The number of hydrogen-bond donors (Lipinski definition) is 2. The van der Waals surface area contributed by atoms with Crippen molar-refractivity contribution in [1.29, 1.82) is 0 Å². The molecule has 0 aromatic carbocycles. The maximum Gasteiger partial charge on any atom is 0.230 e. The Labute approximate surface area is 129 Å². The van der Waals surface area contributed by atoms with Crippen molar-refractivity contribution in [2.45, 2.75) is 43.9 Å². The van der Waals surface area contributed by atoms with Gasteiger partial charge in [-0.05, 0) is 27.2 Å². The number of imidazole rings is 1. The molecule has 1 aliphatic rings. The van der Waals surface area contributed by atoms with Gasteiger partial charge in [0.1, 0.15) is 0 Å². The first-order chi connectivity index (χ1) is 9.90. The Morgan fingerprint density at radius 1 is 1.52 bits per heavy atom. The second-order valence-corrected chi connectivity index (χ2v) is 7.22. The van der Waals surface area contributed by atoms with Gasteiger partial charge in [-0.15, -0.1) is 0 Å². The van der Waals surface area contributed by atoms with Crippen LogP contribution in [-0.2, 0) is 10.3 Å². The summed E-state index contributed by atoms with van der Waals surface area (Å²) in [6.07, 6.45) is 8.40. The van der Waals surface area contributed by atoms with E-state index in [1.54, 1.807) is 6.20 Å². The summed E-state index contributed by atoms with van der Waals surface area (Å²) in [6, 6.07) is 0.0395. The Morgan fingerprint density at radius 3 is 2.90 bits per heavy atom. The zero-order valence-electron chi connectivity index (χ0n) is 12.7. The van der Waals surface area contributed by atoms with E-state index in [1.165, 1.54) is 11.8 Å². The van der Waals surface area contributed by atoms with Gasteiger partial charge in [-0.25, -0.2) is 4.98 Å². The van der Waals surface area contributed by atoms with Gasteiger partial charge in [-0.2, -0.15) is 0 Å². The third-order valence-electron chi connectivity index (χ3n) is 3.42. The molecule has 2 atom stereocenters. The highest BCUT2D eigenvalue weighted by Crippen LogP contribution is 2.23. The van der Waals surface area contributed by atoms with Gasteiger partial charge < -0.3 is 15.0 Å². The topological polar surface area (TPSA) is 67.2 Å². The standard InChI is InChI=1S/C15H23N3O2S/c1-15(2,3)18-7-6-16-14(18)21-10-13(20)17-12-5-4-11(8-12)9-19/h4-7,11-12,19H,8-10H2,1-3H3,(H,17,20)/t11-,12+/m0/s1. The normalized spacial score (nSPS) is 21.7. The van der Waals surface area contributed by atoms with E-state index in [0.29, 0.717) is 5.75 Å². The largest absolute Gasteiger partial charge is 0.396 e. The Balaban J connectivity index is 1.83. The first kappa shape index (κ1) is 16.1. The van der Waals surface area contributed by atoms with Crippen LogP contribution in [0.2, 0.25) is 0 Å². The molecular formula is C15H23N3O2S. The molecule has 0 saturated heterocycles. The molecule has 0 saturated carbocycles. The summed E-state index contributed by atoms with van der Waals surface area (Å²) >= 11 is 1.44. The number of rotatable bonds is 5. The molecule has 0 aliphatic heterocycles. The average molecular weight is 309 g/mol. The van der Waals surface area contributed by atoms with E-state index in [-0.39, 0.29) is 30.0 Å². The quantitative estimate of drug-likeness (QED) is 0.643. The average Bonchev–Trinajstić information content (AvgIpc) is 3.03. The van der Waals surface area contributed by atoms with E-state index in [0.717, 1.165) is 11.6 Å². The Kier molecular flexibility index (Phi) is 5.11. The summed E-state index contributed by atoms with van der Waals surface area (Å²) in [5.41, 5.74) is -0.0438. The minimum absolute atomic E-state index is 0.00306. The molecule has 1 aromatic rings. The van der Waals surface area contributed by atoms with Crippen LogP contribution in [0, 0.1) is 5.92 Å². The molecule has 0 spiro atoms. The van der Waals surface area contributed by atoms with Crippen molar-refractivity contribution in [3.05, 3.63) is 24.5 Å². The lowest BCUT2D eigenvalue weighted by Crippen LogP contribution is -2.34. The fourth-order valence-corrected chi connectivity index (χ4v) is 3.26. The molecule has 2 rings (SSSR count). The van der Waals surface area contributed by atoms with Gasteiger partial charge in [0.25, 0.3) is 0 Å². The lowest BCUT2D eigenvalue weighted by molar-refractivity contribution is -0.119. The van der Waals surface area contributed by atoms with Gasteiger partial charge in [0.15, 0.2) is 5.16 Å². The lowest BCUT2D eigenvalue weighted by atomic mass is 10.1. The fourth-order valence-electron chi connectivity index (χ4n) is 2.30. The predicted octanol–water partition coefficient (Wildman–Crippen LogP) is 1.78. The van der Waals surface area contributed by atoms with Crippen molar-refractivity contribution in [3.63, 3.8) is 0 Å². The Bertz CT molecular complexity index is 519. The van der Waals surface area contributed by atoms with Crippen LogP contribution in [0.3, 0.4) is 0 Å². The summed E-state index contributed by atoms with van der Waals surface area (Å²) < 4.78 is 2.07. The van der Waals surface area contributed by atoms with Crippen LogP contribution in [0.4, 0.5) is 0 Å². The zero-order chi connectivity index (χ0) is 15.5. The van der Waals surface area contributed by atoms with Gasteiger partial charge in [-0.3, -0.25) is 4.79 Å². The second-order valence-electron chi connectivity index (χ2n) is 6.28. The van der Waals surface area contributed by atoms with Gasteiger partial charge >= 0.3 is 0 Å². The van der Waals surface area contributed by atoms with Gasteiger partial charge in [0.2, 0.25) is 5.91 Å². The molecule has 1 aromatic heterocycles. The molecule has 21 heavy (non-hydrogen) atoms. The van der Waals surface area contributed by atoms with Crippen molar-refractivity contribution < 1.29 is 9.90 Å². The van der Waals surface area contributed by atoms with Crippen LogP contribution in [0.5, 0.6) is 0 Å². The van der Waals surface area contributed by atoms with Crippen LogP contribution in [0.1, 0.15) is 27.2 Å². The first-order valence-electron chi connectivity index (χ1n) is 7.15. The number of nitrogens with zero attached hydrogens (tertiary/aromatic N) is 2. The third-order valence-corrected chi connectivity index (χ3v) is 4.38. The molecule has 116 valence electrons. The summed E-state index contributed by atoms with van der Waals surface area (Å²) in [6.45, 7) is 6.46. The summed E-state index contributed by atoms with van der Waals surface area (Å²) in [4.78, 5) is 16.3. The molecule has 0 unspecified atom stereocenters. The Hall–Kier alpha value is -1.27. The van der Waals surface area contributed by atoms with Crippen LogP contribution >= 0.6 is 11.8 Å². The minimum Gasteiger partial charge on any atom is -0.396 e. The summed E-state index contributed by atoms with van der Waals surface area (Å²) in [7, 11) is 0. The molecule has 5 nitrogen and oxygen atoms in total. The van der Waals surface area contributed by atoms with Gasteiger partial charge in [0, 0.05) is 36.5 Å². The van der Waals surface area contributed by atoms with E-state index < -0.39 is 0 Å². The number of aliphatic hydroxyl groups excluding tert-OH is 1. The zero-order valence-corrected chi connectivity index (χ0v) is 13.6. The van der Waals surface area contributed by atoms with Crippen molar-refractivity contribution in [2.24, 2.45) is 5.92 Å². The molecule has 0 fully saturated rings. The van der Waals surface area contributed by atoms with E-state index in [1.807, 2.05) is 18.3 Å². The highest BCUT2D eigenvalue weighted by molar-refractivity contribution is 7.99. The maximum absolute atomic E-state index is 12.0. The lowest BCUT2D eigenvalue weighted by Gasteiger charge is -2.23. The van der Waals surface area contributed by atoms with E-state index in [4.69, 9.17) is 5.11 Å². The molecule has 2 N–H and O–H groups in total. The molecule has 0 bridgehead atoms. The summed E-state index contributed by atoms with van der Waals surface area (Å²) in [5, 5.41) is 12.9. The molecule has 0 radical (unpaired) electrons. The molecule has 1 amide bonds. The van der Waals surface area contributed by atoms with Crippen molar-refractivity contribution in [3.8, 4) is 0 Å². The van der Waals surface area contributed by atoms with Gasteiger partial charge in [-0.1, -0.05) is 23.9 Å². The number of carbonyl (C=O) groups is 1. The molecular weight excluding hydrogens is 286 g/mol. The van der Waals surface area contributed by atoms with Crippen LogP contribution < -0.4 is 5.32 Å². The van der Waals surface area contributed by atoms with E-state index in [2.05, 4.69) is 35.6 Å². The summed E-state index contributed by atoms with van der Waals surface area (Å²) in [5.74, 6) is 0.515.